The molecule has 0 saturated heterocycles. The molecule has 0 amide bonds. The van der Waals surface area contributed by atoms with Crippen LogP contribution < -0.4 is 5.73 Å². The highest BCUT2D eigenvalue weighted by Crippen LogP contribution is 1.88. The maximum Gasteiger partial charge on any atom is 0.111 e. The largest absolute Gasteiger partial charge is 0.508 e. The van der Waals surface area contributed by atoms with Crippen molar-refractivity contribution in [3.8, 4) is 0 Å². The van der Waals surface area contributed by atoms with Crippen LogP contribution in [-0.4, -0.2) is 5.11 Å². The van der Waals surface area contributed by atoms with Crippen LogP contribution in [0.1, 0.15) is 6.92 Å². The Bertz CT molecular complexity index is 145. The molecule has 0 radical (unpaired) electrons. The van der Waals surface area contributed by atoms with Gasteiger partial charge in [-0.2, -0.15) is 0 Å². The molecule has 0 aromatic heterocycles. The van der Waals surface area contributed by atoms with Gasteiger partial charge in [0.1, 0.15) is 5.76 Å². The van der Waals surface area contributed by atoms with E-state index < -0.39 is 0 Å². The zero-order valence-corrected chi connectivity index (χ0v) is 5.41. The topological polar surface area (TPSA) is 46.2 Å². The van der Waals surface area contributed by atoms with Crippen LogP contribution >= 0.6 is 0 Å². The van der Waals surface area contributed by atoms with Crippen LogP contribution in [0.15, 0.2) is 36.3 Å². The van der Waals surface area contributed by atoms with E-state index in [-0.39, 0.29) is 5.76 Å². The first-order valence-corrected chi connectivity index (χ1v) is 2.71. The fourth-order valence-corrected chi connectivity index (χ4v) is 0.315. The summed E-state index contributed by atoms with van der Waals surface area (Å²) in [6.07, 6.45) is 7.86. The number of hydrogen-bond donors (Lipinski definition) is 2. The minimum atomic E-state index is 0.244. The zero-order valence-electron chi connectivity index (χ0n) is 5.41. The minimum Gasteiger partial charge on any atom is -0.508 e. The standard InChI is InChI=1S/C7H11NO/c1-2-7(9)5-3-4-6-8/h2-6,9H,8H2,1H3/b5-3-,6-4+,7-2+. The first-order valence-electron chi connectivity index (χ1n) is 2.71. The Labute approximate surface area is 55.0 Å². The van der Waals surface area contributed by atoms with Gasteiger partial charge in [-0.05, 0) is 31.4 Å². The zero-order chi connectivity index (χ0) is 7.11. The van der Waals surface area contributed by atoms with E-state index in [2.05, 4.69) is 0 Å². The van der Waals surface area contributed by atoms with E-state index in [1.165, 1.54) is 6.20 Å². The van der Waals surface area contributed by atoms with Gasteiger partial charge in [0.05, 0.1) is 0 Å². The first kappa shape index (κ1) is 7.82. The molecule has 0 atom stereocenters. The van der Waals surface area contributed by atoms with Crippen LogP contribution in [0, 0.1) is 0 Å². The number of nitrogens with two attached hydrogens (primary N) is 1. The molecule has 0 fully saturated rings. The number of aliphatic hydroxyl groups excluding tert-OH is 1. The molecule has 0 bridgehead atoms. The Morgan fingerprint density at radius 3 is 2.56 bits per heavy atom. The van der Waals surface area contributed by atoms with Gasteiger partial charge in [0.15, 0.2) is 0 Å². The molecule has 0 aliphatic carbocycles. The Kier molecular flexibility index (Phi) is 4.32. The summed E-state index contributed by atoms with van der Waals surface area (Å²) in [7, 11) is 0. The van der Waals surface area contributed by atoms with E-state index in [4.69, 9.17) is 10.8 Å². The summed E-state index contributed by atoms with van der Waals surface area (Å²) in [6, 6.07) is 0. The predicted molar refractivity (Wildman–Crippen MR) is 38.9 cm³/mol. The lowest BCUT2D eigenvalue weighted by Gasteiger charge is -1.82. The Morgan fingerprint density at radius 2 is 2.11 bits per heavy atom. The van der Waals surface area contributed by atoms with Crippen molar-refractivity contribution >= 4 is 0 Å². The van der Waals surface area contributed by atoms with Crippen LogP contribution in [0.2, 0.25) is 0 Å². The first-order chi connectivity index (χ1) is 4.31. The molecular weight excluding hydrogens is 114 g/mol. The van der Waals surface area contributed by atoms with Crippen LogP contribution in [0.3, 0.4) is 0 Å². The maximum absolute atomic E-state index is 8.78. The molecule has 2 heteroatoms. The number of aliphatic hydroxyl groups is 1. The highest BCUT2D eigenvalue weighted by Gasteiger charge is 1.74. The van der Waals surface area contributed by atoms with Crippen molar-refractivity contribution in [3.05, 3.63) is 36.3 Å². The molecule has 0 unspecified atom stereocenters. The van der Waals surface area contributed by atoms with Crippen molar-refractivity contribution < 1.29 is 5.11 Å². The van der Waals surface area contributed by atoms with E-state index >= 15 is 0 Å². The summed E-state index contributed by atoms with van der Waals surface area (Å²) >= 11 is 0. The molecule has 50 valence electrons. The summed E-state index contributed by atoms with van der Waals surface area (Å²) in [4.78, 5) is 0. The van der Waals surface area contributed by atoms with Crippen LogP contribution in [0.5, 0.6) is 0 Å². The highest BCUT2D eigenvalue weighted by atomic mass is 16.3. The van der Waals surface area contributed by atoms with Gasteiger partial charge in [-0.15, -0.1) is 0 Å². The van der Waals surface area contributed by atoms with Crippen molar-refractivity contribution in [3.63, 3.8) is 0 Å². The molecule has 9 heavy (non-hydrogen) atoms. The fraction of sp³-hybridized carbons (Fsp3) is 0.143. The SMILES string of the molecule is C\C=C(O)/C=C\C=C\N. The Morgan fingerprint density at radius 1 is 1.44 bits per heavy atom. The van der Waals surface area contributed by atoms with Gasteiger partial charge in [-0.25, -0.2) is 0 Å². The second-order valence-corrected chi connectivity index (χ2v) is 1.46. The quantitative estimate of drug-likeness (QED) is 0.433. The third-order valence-corrected chi connectivity index (χ3v) is 0.785. The Hall–Kier alpha value is -1.18. The number of rotatable bonds is 2. The van der Waals surface area contributed by atoms with Gasteiger partial charge >= 0.3 is 0 Å². The normalized spacial score (nSPS) is 13.7. The van der Waals surface area contributed by atoms with Crippen LogP contribution in [0.4, 0.5) is 0 Å². The van der Waals surface area contributed by atoms with Crippen molar-refractivity contribution in [2.24, 2.45) is 5.73 Å². The van der Waals surface area contributed by atoms with E-state index in [0.29, 0.717) is 0 Å². The molecule has 3 N–H and O–H groups in total. The van der Waals surface area contributed by atoms with Gasteiger partial charge in [0.2, 0.25) is 0 Å². The van der Waals surface area contributed by atoms with Crippen LogP contribution in [-0.2, 0) is 0 Å². The molecule has 0 aromatic carbocycles. The molecule has 0 aliphatic rings. The van der Waals surface area contributed by atoms with Gasteiger partial charge < -0.3 is 10.8 Å². The fourth-order valence-electron chi connectivity index (χ4n) is 0.315. The summed E-state index contributed by atoms with van der Waals surface area (Å²) in [5.41, 5.74) is 5.02. The van der Waals surface area contributed by atoms with Crippen LogP contribution in [0.25, 0.3) is 0 Å². The maximum atomic E-state index is 8.78. The van der Waals surface area contributed by atoms with Crippen molar-refractivity contribution in [1.29, 1.82) is 0 Å². The van der Waals surface area contributed by atoms with Gasteiger partial charge in [0, 0.05) is 0 Å². The van der Waals surface area contributed by atoms with Crippen molar-refractivity contribution in [2.45, 2.75) is 6.92 Å². The third kappa shape index (κ3) is 4.68. The lowest BCUT2D eigenvalue weighted by molar-refractivity contribution is 0.431. The smallest absolute Gasteiger partial charge is 0.111 e. The molecule has 0 aliphatic heterocycles. The van der Waals surface area contributed by atoms with E-state index in [9.17, 15) is 0 Å². The average molecular weight is 125 g/mol. The molecule has 0 saturated carbocycles. The molecule has 0 rings (SSSR count). The van der Waals surface area contributed by atoms with Crippen molar-refractivity contribution in [1.82, 2.24) is 0 Å². The number of allylic oxidation sites excluding steroid dienone is 4. The van der Waals surface area contributed by atoms with Gasteiger partial charge in [0.25, 0.3) is 0 Å². The molecule has 0 heterocycles. The minimum absolute atomic E-state index is 0.244. The molecule has 2 nitrogen and oxygen atoms in total. The van der Waals surface area contributed by atoms with Crippen molar-refractivity contribution in [2.75, 3.05) is 0 Å². The van der Waals surface area contributed by atoms with Gasteiger partial charge in [-0.1, -0.05) is 6.08 Å². The van der Waals surface area contributed by atoms with Gasteiger partial charge in [-0.3, -0.25) is 0 Å². The lowest BCUT2D eigenvalue weighted by Crippen LogP contribution is -1.73. The predicted octanol–water partition coefficient (Wildman–Crippen LogP) is 1.48. The molecule has 0 aromatic rings. The van der Waals surface area contributed by atoms with E-state index in [0.717, 1.165) is 0 Å². The summed E-state index contributed by atoms with van der Waals surface area (Å²) in [6.45, 7) is 1.76. The highest BCUT2D eigenvalue weighted by molar-refractivity contribution is 5.14. The summed E-state index contributed by atoms with van der Waals surface area (Å²) in [5, 5.41) is 8.78. The molecular formula is C7H11NO. The summed E-state index contributed by atoms with van der Waals surface area (Å²) < 4.78 is 0. The van der Waals surface area contributed by atoms with E-state index in [1.807, 2.05) is 0 Å². The third-order valence-electron chi connectivity index (χ3n) is 0.785. The lowest BCUT2D eigenvalue weighted by atomic mass is 10.4. The average Bonchev–Trinajstić information content (AvgIpc) is 1.89. The second-order valence-electron chi connectivity index (χ2n) is 1.46. The molecule has 0 spiro atoms. The monoisotopic (exact) mass is 125 g/mol. The summed E-state index contributed by atoms with van der Waals surface area (Å²) in [5.74, 6) is 0.244. The number of hydrogen-bond acceptors (Lipinski definition) is 2. The Balaban J connectivity index is 3.71. The second kappa shape index (κ2) is 4.97. The van der Waals surface area contributed by atoms with E-state index in [1.54, 1.807) is 31.2 Å².